The van der Waals surface area contributed by atoms with Crippen molar-refractivity contribution in [1.82, 2.24) is 4.90 Å². The Kier molecular flexibility index (Phi) is 6.25. The lowest BCUT2D eigenvalue weighted by atomic mass is 9.78. The Morgan fingerprint density at radius 3 is 2.47 bits per heavy atom. The number of hydrogen-bond acceptors (Lipinski definition) is 5. The van der Waals surface area contributed by atoms with Crippen LogP contribution in [0.4, 0.5) is 0 Å². The van der Waals surface area contributed by atoms with Crippen molar-refractivity contribution in [2.75, 3.05) is 6.54 Å². The first-order chi connectivity index (χ1) is 14.5. The molecule has 0 aliphatic carbocycles. The lowest BCUT2D eigenvalue weighted by Gasteiger charge is -2.51. The summed E-state index contributed by atoms with van der Waals surface area (Å²) in [6, 6.07) is 18.6. The van der Waals surface area contributed by atoms with Crippen molar-refractivity contribution in [3.05, 3.63) is 71.6 Å². The first-order valence-electron chi connectivity index (χ1n) is 10.1. The van der Waals surface area contributed by atoms with E-state index < -0.39 is 24.2 Å². The molecule has 0 bridgehead atoms. The molecule has 2 aliphatic heterocycles. The minimum Gasteiger partial charge on any atom is -0.478 e. The second-order valence-electron chi connectivity index (χ2n) is 7.74. The van der Waals surface area contributed by atoms with Gasteiger partial charge in [-0.1, -0.05) is 53.7 Å². The molecule has 2 aromatic rings. The Labute approximate surface area is 180 Å². The molecule has 1 N–H and O–H groups in total. The van der Waals surface area contributed by atoms with Gasteiger partial charge in [0.15, 0.2) is 6.10 Å². The second kappa shape index (κ2) is 9.06. The van der Waals surface area contributed by atoms with Crippen LogP contribution >= 0.6 is 11.8 Å². The van der Waals surface area contributed by atoms with Crippen LogP contribution < -0.4 is 4.74 Å². The molecule has 30 heavy (non-hydrogen) atoms. The fourth-order valence-corrected chi connectivity index (χ4v) is 4.91. The number of aliphatic hydroxyl groups is 1. The molecule has 0 saturated carbocycles. The molecule has 0 aromatic heterocycles. The summed E-state index contributed by atoms with van der Waals surface area (Å²) in [6.07, 6.45) is -0.545. The molecule has 0 radical (unpaired) electrons. The summed E-state index contributed by atoms with van der Waals surface area (Å²) < 4.78 is 5.88. The largest absolute Gasteiger partial charge is 0.478 e. The van der Waals surface area contributed by atoms with Gasteiger partial charge in [0.05, 0.1) is 6.10 Å². The van der Waals surface area contributed by atoms with Crippen LogP contribution in [0.25, 0.3) is 0 Å². The van der Waals surface area contributed by atoms with Crippen LogP contribution in [-0.4, -0.2) is 46.5 Å². The third-order valence-electron chi connectivity index (χ3n) is 5.75. The van der Waals surface area contributed by atoms with E-state index in [9.17, 15) is 14.7 Å². The molecule has 5 nitrogen and oxygen atoms in total. The smallest absolute Gasteiger partial charge is 0.266 e. The van der Waals surface area contributed by atoms with Crippen molar-refractivity contribution >= 4 is 23.5 Å². The average Bonchev–Trinajstić information content (AvgIpc) is 2.75. The summed E-state index contributed by atoms with van der Waals surface area (Å²) in [6.45, 7) is 2.02. The van der Waals surface area contributed by atoms with E-state index in [0.717, 1.165) is 10.5 Å². The Bertz CT molecular complexity index is 931. The third-order valence-corrected chi connectivity index (χ3v) is 6.74. The van der Waals surface area contributed by atoms with Gasteiger partial charge in [-0.3, -0.25) is 9.59 Å². The van der Waals surface area contributed by atoms with Gasteiger partial charge in [-0.2, -0.15) is 0 Å². The van der Waals surface area contributed by atoms with E-state index >= 15 is 0 Å². The number of β-lactam (4-membered cyclic amide) rings is 1. The molecule has 0 spiro atoms. The first-order valence-corrected chi connectivity index (χ1v) is 11.0. The van der Waals surface area contributed by atoms with Crippen LogP contribution in [-0.2, 0) is 9.59 Å². The Morgan fingerprint density at radius 2 is 1.80 bits per heavy atom. The molecule has 2 fully saturated rings. The Balaban J connectivity index is 1.52. The van der Waals surface area contributed by atoms with Crippen LogP contribution in [0.3, 0.4) is 0 Å². The standard InChI is InChI=1S/C24H25NO4S/c1-16(26)20-14-17(15-30-19-10-6-3-7-11-19)12-13-25-21(22(20)27)23(24(25)28)29-18-8-4-2-5-9-18/h2-11,15,20-23,27H,12-14H2,1H3/b17-15+/t20-,21-,22+,23+/m0/s1. The highest BCUT2D eigenvalue weighted by Crippen LogP contribution is 2.37. The fourth-order valence-electron chi connectivity index (χ4n) is 4.08. The summed E-state index contributed by atoms with van der Waals surface area (Å²) in [7, 11) is 0. The number of amides is 1. The van der Waals surface area contributed by atoms with Crippen molar-refractivity contribution in [2.45, 2.75) is 42.9 Å². The number of thioether (sulfide) groups is 1. The third kappa shape index (κ3) is 4.30. The van der Waals surface area contributed by atoms with Gasteiger partial charge in [0.2, 0.25) is 0 Å². The van der Waals surface area contributed by atoms with E-state index in [1.807, 2.05) is 48.5 Å². The molecule has 2 aliphatic rings. The van der Waals surface area contributed by atoms with Crippen molar-refractivity contribution in [3.8, 4) is 5.75 Å². The summed E-state index contributed by atoms with van der Waals surface area (Å²) >= 11 is 1.60. The van der Waals surface area contributed by atoms with E-state index in [2.05, 4.69) is 5.41 Å². The molecule has 6 heteroatoms. The predicted molar refractivity (Wildman–Crippen MR) is 116 cm³/mol. The van der Waals surface area contributed by atoms with E-state index in [-0.39, 0.29) is 11.7 Å². The van der Waals surface area contributed by atoms with E-state index in [4.69, 9.17) is 4.74 Å². The van der Waals surface area contributed by atoms with E-state index in [1.165, 1.54) is 6.92 Å². The minimum atomic E-state index is -0.959. The van der Waals surface area contributed by atoms with E-state index in [1.54, 1.807) is 28.8 Å². The number of fused-ring (bicyclic) bond motifs is 1. The number of benzene rings is 2. The molecule has 4 rings (SSSR count). The Hall–Kier alpha value is -2.57. The number of hydrogen-bond donors (Lipinski definition) is 1. The van der Waals surface area contributed by atoms with Gasteiger partial charge >= 0.3 is 0 Å². The zero-order chi connectivity index (χ0) is 21.1. The SMILES string of the molecule is CC(=O)[C@@H]1C/C(=C/Sc2ccccc2)CCN2C(=O)[C@H](Oc3ccccc3)[C@@H]2[C@@H]1O. The zero-order valence-electron chi connectivity index (χ0n) is 16.8. The zero-order valence-corrected chi connectivity index (χ0v) is 17.6. The number of ketones is 1. The molecule has 156 valence electrons. The molecule has 2 aromatic carbocycles. The summed E-state index contributed by atoms with van der Waals surface area (Å²) in [5, 5.41) is 13.1. The van der Waals surface area contributed by atoms with Crippen LogP contribution in [0.2, 0.25) is 0 Å². The topological polar surface area (TPSA) is 66.8 Å². The summed E-state index contributed by atoms with van der Waals surface area (Å²) in [4.78, 5) is 27.9. The first kappa shape index (κ1) is 20.7. The molecular formula is C24H25NO4S. The number of aliphatic hydroxyl groups excluding tert-OH is 1. The average molecular weight is 424 g/mol. The predicted octanol–water partition coefficient (Wildman–Crippen LogP) is 3.68. The van der Waals surface area contributed by atoms with Gasteiger partial charge < -0.3 is 14.7 Å². The van der Waals surface area contributed by atoms with Crippen molar-refractivity contribution in [2.24, 2.45) is 5.92 Å². The van der Waals surface area contributed by atoms with Crippen molar-refractivity contribution < 1.29 is 19.4 Å². The minimum absolute atomic E-state index is 0.0715. The normalized spacial score (nSPS) is 27.6. The van der Waals surface area contributed by atoms with Crippen LogP contribution in [0.15, 0.2) is 76.5 Å². The summed E-state index contributed by atoms with van der Waals surface area (Å²) in [5.41, 5.74) is 1.07. The van der Waals surface area contributed by atoms with Gasteiger partial charge in [-0.25, -0.2) is 0 Å². The van der Waals surface area contributed by atoms with Crippen molar-refractivity contribution in [1.29, 1.82) is 0 Å². The molecule has 0 unspecified atom stereocenters. The number of rotatable bonds is 5. The van der Waals surface area contributed by atoms with Gasteiger partial charge in [0.25, 0.3) is 5.91 Å². The highest BCUT2D eigenvalue weighted by atomic mass is 32.2. The van der Waals surface area contributed by atoms with Gasteiger partial charge in [-0.05, 0) is 49.4 Å². The molecule has 2 heterocycles. The number of Topliss-reactive ketones (excluding diaryl/α,β-unsaturated/α-hetero) is 1. The summed E-state index contributed by atoms with van der Waals surface area (Å²) in [5.74, 6) is -0.181. The molecular weight excluding hydrogens is 398 g/mol. The highest BCUT2D eigenvalue weighted by Gasteiger charge is 2.55. The molecule has 2 saturated heterocycles. The highest BCUT2D eigenvalue weighted by molar-refractivity contribution is 8.02. The van der Waals surface area contributed by atoms with Gasteiger partial charge in [0, 0.05) is 17.4 Å². The fraction of sp³-hybridized carbons (Fsp3) is 0.333. The molecule has 4 atom stereocenters. The molecule has 1 amide bonds. The Morgan fingerprint density at radius 1 is 1.13 bits per heavy atom. The van der Waals surface area contributed by atoms with E-state index in [0.29, 0.717) is 25.1 Å². The maximum Gasteiger partial charge on any atom is 0.266 e. The number of nitrogens with zero attached hydrogens (tertiary/aromatic N) is 1. The quantitative estimate of drug-likeness (QED) is 0.587. The van der Waals surface area contributed by atoms with Crippen LogP contribution in [0.1, 0.15) is 19.8 Å². The lowest BCUT2D eigenvalue weighted by molar-refractivity contribution is -0.177. The number of para-hydroxylation sites is 1. The number of ether oxygens (including phenoxy) is 1. The monoisotopic (exact) mass is 423 g/mol. The van der Waals surface area contributed by atoms with Crippen molar-refractivity contribution in [3.63, 3.8) is 0 Å². The maximum atomic E-state index is 12.8. The van der Waals surface area contributed by atoms with Crippen LogP contribution in [0.5, 0.6) is 5.75 Å². The van der Waals surface area contributed by atoms with Gasteiger partial charge in [-0.15, -0.1) is 0 Å². The van der Waals surface area contributed by atoms with Crippen LogP contribution in [0, 0.1) is 5.92 Å². The number of carbonyl (C=O) groups is 2. The number of carbonyl (C=O) groups excluding carboxylic acids is 2. The second-order valence-corrected chi connectivity index (χ2v) is 8.69. The lowest BCUT2D eigenvalue weighted by Crippen LogP contribution is -2.72. The maximum absolute atomic E-state index is 12.8. The van der Waals surface area contributed by atoms with Gasteiger partial charge in [0.1, 0.15) is 17.6 Å².